The van der Waals surface area contributed by atoms with E-state index in [0.717, 1.165) is 16.5 Å². The van der Waals surface area contributed by atoms with Crippen molar-refractivity contribution in [2.24, 2.45) is 0 Å². The van der Waals surface area contributed by atoms with Crippen molar-refractivity contribution in [1.29, 1.82) is 0 Å². The largest absolute Gasteiger partial charge is 0.361 e. The first-order valence-corrected chi connectivity index (χ1v) is 9.83. The van der Waals surface area contributed by atoms with Crippen molar-refractivity contribution in [3.63, 3.8) is 0 Å². The standard InChI is InChI=1S/C18H16ClFN6OS/c1-9(28-17-14-15(24-8-23-14)25-18(19)26-17)16(27)21-5-4-10-7-22-13-3-2-11(20)6-12(10)13/h2-3,6-9,22H,4-5H2,1H3,(H,21,27)(H,23,24,25,26). The number of imidazole rings is 1. The topological polar surface area (TPSA) is 99.3 Å². The van der Waals surface area contributed by atoms with Gasteiger partial charge in [0, 0.05) is 23.6 Å². The Morgan fingerprint density at radius 1 is 1.36 bits per heavy atom. The lowest BCUT2D eigenvalue weighted by Crippen LogP contribution is -2.32. The summed E-state index contributed by atoms with van der Waals surface area (Å²) < 4.78 is 13.5. The van der Waals surface area contributed by atoms with Gasteiger partial charge in [-0.2, -0.15) is 4.98 Å². The molecule has 0 saturated carbocycles. The van der Waals surface area contributed by atoms with Crippen molar-refractivity contribution in [2.75, 3.05) is 6.54 Å². The number of nitrogens with one attached hydrogen (secondary N) is 3. The molecular formula is C18H16ClFN6OS. The van der Waals surface area contributed by atoms with E-state index in [1.807, 2.05) is 6.20 Å². The molecule has 1 aromatic carbocycles. The second-order valence-corrected chi connectivity index (χ2v) is 7.87. The van der Waals surface area contributed by atoms with E-state index in [1.165, 1.54) is 30.2 Å². The van der Waals surface area contributed by atoms with Crippen molar-refractivity contribution in [3.05, 3.63) is 47.4 Å². The second kappa shape index (κ2) is 7.76. The summed E-state index contributed by atoms with van der Waals surface area (Å²) in [7, 11) is 0. The monoisotopic (exact) mass is 418 g/mol. The van der Waals surface area contributed by atoms with E-state index >= 15 is 0 Å². The normalized spacial score (nSPS) is 12.5. The van der Waals surface area contributed by atoms with Crippen LogP contribution in [0.15, 0.2) is 35.7 Å². The molecular weight excluding hydrogens is 403 g/mol. The first-order chi connectivity index (χ1) is 13.5. The van der Waals surface area contributed by atoms with Gasteiger partial charge in [0.25, 0.3) is 0 Å². The molecule has 144 valence electrons. The minimum absolute atomic E-state index is 0.0845. The lowest BCUT2D eigenvalue weighted by Gasteiger charge is -2.12. The third-order valence-electron chi connectivity index (χ3n) is 4.31. The molecule has 4 rings (SSSR count). The number of carbonyl (C=O) groups is 1. The maximum atomic E-state index is 13.5. The molecule has 0 bridgehead atoms. The van der Waals surface area contributed by atoms with Gasteiger partial charge in [0.1, 0.15) is 16.4 Å². The third kappa shape index (κ3) is 3.81. The Morgan fingerprint density at radius 2 is 2.21 bits per heavy atom. The second-order valence-electron chi connectivity index (χ2n) is 6.20. The number of thioether (sulfide) groups is 1. The Kier molecular flexibility index (Phi) is 5.19. The van der Waals surface area contributed by atoms with Gasteiger partial charge in [-0.25, -0.2) is 14.4 Å². The molecule has 0 aliphatic heterocycles. The first kappa shape index (κ1) is 18.7. The van der Waals surface area contributed by atoms with Gasteiger partial charge in [0.2, 0.25) is 11.2 Å². The highest BCUT2D eigenvalue weighted by molar-refractivity contribution is 8.00. The number of fused-ring (bicyclic) bond motifs is 2. The van der Waals surface area contributed by atoms with Crippen LogP contribution < -0.4 is 5.32 Å². The number of hydrogen-bond acceptors (Lipinski definition) is 5. The van der Waals surface area contributed by atoms with Crippen LogP contribution in [-0.2, 0) is 11.2 Å². The van der Waals surface area contributed by atoms with Gasteiger partial charge in [0.05, 0.1) is 11.6 Å². The maximum absolute atomic E-state index is 13.5. The number of benzene rings is 1. The highest BCUT2D eigenvalue weighted by Crippen LogP contribution is 2.28. The molecule has 3 heterocycles. The van der Waals surface area contributed by atoms with Crippen molar-refractivity contribution >= 4 is 51.3 Å². The summed E-state index contributed by atoms with van der Waals surface area (Å²) in [5.74, 6) is -0.408. The van der Waals surface area contributed by atoms with Crippen molar-refractivity contribution < 1.29 is 9.18 Å². The highest BCUT2D eigenvalue weighted by Gasteiger charge is 2.18. The molecule has 0 saturated heterocycles. The van der Waals surface area contributed by atoms with Crippen LogP contribution in [0.2, 0.25) is 5.28 Å². The smallest absolute Gasteiger partial charge is 0.233 e. The quantitative estimate of drug-likeness (QED) is 0.253. The SMILES string of the molecule is CC(Sc1nc(Cl)nc2nc[nH]c12)C(=O)NCCc1c[nH]c2ccc(F)cc12. The maximum Gasteiger partial charge on any atom is 0.233 e. The molecule has 0 spiro atoms. The van der Waals surface area contributed by atoms with Crippen LogP contribution in [0.4, 0.5) is 4.39 Å². The molecule has 0 aliphatic rings. The van der Waals surface area contributed by atoms with Crippen LogP contribution in [0.3, 0.4) is 0 Å². The summed E-state index contributed by atoms with van der Waals surface area (Å²) in [6, 6.07) is 4.61. The van der Waals surface area contributed by atoms with Crippen LogP contribution in [0, 0.1) is 5.82 Å². The summed E-state index contributed by atoms with van der Waals surface area (Å²) in [5.41, 5.74) is 2.93. The molecule has 1 unspecified atom stereocenters. The Morgan fingerprint density at radius 3 is 3.07 bits per heavy atom. The van der Waals surface area contributed by atoms with Gasteiger partial charge >= 0.3 is 0 Å². The van der Waals surface area contributed by atoms with Crippen molar-refractivity contribution in [3.8, 4) is 0 Å². The van der Waals surface area contributed by atoms with E-state index in [4.69, 9.17) is 11.6 Å². The molecule has 4 aromatic rings. The predicted molar refractivity (Wildman–Crippen MR) is 107 cm³/mol. The predicted octanol–water partition coefficient (Wildman–Crippen LogP) is 3.47. The molecule has 7 nitrogen and oxygen atoms in total. The third-order valence-corrected chi connectivity index (χ3v) is 5.56. The van der Waals surface area contributed by atoms with E-state index < -0.39 is 5.25 Å². The van der Waals surface area contributed by atoms with Gasteiger partial charge in [-0.05, 0) is 48.7 Å². The summed E-state index contributed by atoms with van der Waals surface area (Å²) in [4.78, 5) is 30.8. The zero-order valence-electron chi connectivity index (χ0n) is 14.8. The summed E-state index contributed by atoms with van der Waals surface area (Å²) >= 11 is 7.20. The van der Waals surface area contributed by atoms with Gasteiger partial charge in [0.15, 0.2) is 5.65 Å². The number of H-pyrrole nitrogens is 2. The lowest BCUT2D eigenvalue weighted by molar-refractivity contribution is -0.120. The summed E-state index contributed by atoms with van der Waals surface area (Å²) in [6.07, 6.45) is 3.94. The number of nitrogens with zero attached hydrogens (tertiary/aromatic N) is 3. The molecule has 0 aliphatic carbocycles. The number of hydrogen-bond donors (Lipinski definition) is 3. The fourth-order valence-electron chi connectivity index (χ4n) is 2.91. The molecule has 3 N–H and O–H groups in total. The minimum atomic E-state index is -0.391. The summed E-state index contributed by atoms with van der Waals surface area (Å²) in [6.45, 7) is 2.23. The van der Waals surface area contributed by atoms with Gasteiger partial charge in [-0.1, -0.05) is 11.8 Å². The van der Waals surface area contributed by atoms with Gasteiger partial charge < -0.3 is 15.3 Å². The molecule has 0 radical (unpaired) electrons. The van der Waals surface area contributed by atoms with E-state index in [9.17, 15) is 9.18 Å². The van der Waals surface area contributed by atoms with Crippen LogP contribution in [0.25, 0.3) is 22.1 Å². The Balaban J connectivity index is 1.38. The van der Waals surface area contributed by atoms with Crippen LogP contribution in [0.1, 0.15) is 12.5 Å². The number of carbonyl (C=O) groups excluding carboxylic acids is 1. The van der Waals surface area contributed by atoms with Crippen LogP contribution >= 0.6 is 23.4 Å². The zero-order valence-corrected chi connectivity index (χ0v) is 16.4. The number of rotatable bonds is 6. The van der Waals surface area contributed by atoms with Gasteiger partial charge in [-0.3, -0.25) is 4.79 Å². The molecule has 3 aromatic heterocycles. The van der Waals surface area contributed by atoms with Gasteiger partial charge in [-0.15, -0.1) is 0 Å². The molecule has 1 atom stereocenters. The summed E-state index contributed by atoms with van der Waals surface area (Å²) in [5, 5.41) is 4.00. The fraction of sp³-hybridized carbons (Fsp3) is 0.222. The number of halogens is 2. The van der Waals surface area contributed by atoms with Crippen LogP contribution in [-0.4, -0.2) is 42.6 Å². The highest BCUT2D eigenvalue weighted by atomic mass is 35.5. The van der Waals surface area contributed by atoms with Crippen LogP contribution in [0.5, 0.6) is 0 Å². The molecule has 28 heavy (non-hydrogen) atoms. The Bertz CT molecular complexity index is 1160. The average Bonchev–Trinajstić information content (AvgIpc) is 3.28. The van der Waals surface area contributed by atoms with E-state index in [1.54, 1.807) is 13.0 Å². The fourth-order valence-corrected chi connectivity index (χ4v) is 4.06. The van der Waals surface area contributed by atoms with Crippen molar-refractivity contribution in [2.45, 2.75) is 23.6 Å². The minimum Gasteiger partial charge on any atom is -0.361 e. The number of amides is 1. The van der Waals surface area contributed by atoms with E-state index in [-0.39, 0.29) is 17.0 Å². The average molecular weight is 419 g/mol. The first-order valence-electron chi connectivity index (χ1n) is 8.58. The van der Waals surface area contributed by atoms with Crippen molar-refractivity contribution in [1.82, 2.24) is 30.2 Å². The number of aromatic amines is 2. The molecule has 0 fully saturated rings. The van der Waals surface area contributed by atoms with E-state index in [2.05, 4.69) is 30.2 Å². The number of aromatic nitrogens is 5. The zero-order chi connectivity index (χ0) is 19.7. The Hall–Kier alpha value is -2.65. The molecule has 1 amide bonds. The Labute approximate surface area is 168 Å². The lowest BCUT2D eigenvalue weighted by atomic mass is 10.1. The van der Waals surface area contributed by atoms with E-state index in [0.29, 0.717) is 29.2 Å². The molecule has 10 heteroatoms.